The minimum Gasteiger partial charge on any atom is -0.490 e. The Morgan fingerprint density at radius 1 is 1.11 bits per heavy atom. The lowest BCUT2D eigenvalue weighted by molar-refractivity contribution is 0.0271. The second kappa shape index (κ2) is 5.47. The molecule has 0 radical (unpaired) electrons. The lowest BCUT2D eigenvalue weighted by atomic mass is 10.1. The molecule has 1 aromatic rings. The fourth-order valence-corrected chi connectivity index (χ4v) is 2.79. The van der Waals surface area contributed by atoms with E-state index in [2.05, 4.69) is 21.2 Å². The predicted molar refractivity (Wildman–Crippen MR) is 71.3 cm³/mol. The molecule has 2 aliphatic rings. The van der Waals surface area contributed by atoms with Gasteiger partial charge in [0.25, 0.3) is 0 Å². The maximum atomic E-state index is 5.78. The van der Waals surface area contributed by atoms with Crippen LogP contribution in [0.5, 0.6) is 11.5 Å². The van der Waals surface area contributed by atoms with Gasteiger partial charge in [-0.05, 0) is 12.1 Å². The van der Waals surface area contributed by atoms with E-state index in [1.165, 1.54) is 0 Å². The Balaban J connectivity index is 1.92. The molecule has 18 heavy (non-hydrogen) atoms. The number of benzene rings is 1. The van der Waals surface area contributed by atoms with Gasteiger partial charge in [-0.2, -0.15) is 0 Å². The fourth-order valence-electron chi connectivity index (χ4n) is 2.21. The van der Waals surface area contributed by atoms with E-state index in [-0.39, 0.29) is 6.10 Å². The van der Waals surface area contributed by atoms with Crippen molar-refractivity contribution in [3.8, 4) is 11.5 Å². The van der Waals surface area contributed by atoms with Crippen molar-refractivity contribution in [2.45, 2.75) is 12.5 Å². The average Bonchev–Trinajstić information content (AvgIpc) is 2.63. The summed E-state index contributed by atoms with van der Waals surface area (Å²) in [5.41, 5.74) is 1.12. The summed E-state index contributed by atoms with van der Waals surface area (Å²) in [5.74, 6) is 1.63. The van der Waals surface area contributed by atoms with Gasteiger partial charge in [0.05, 0.1) is 25.9 Å². The van der Waals surface area contributed by atoms with Crippen LogP contribution in [0.15, 0.2) is 16.6 Å². The van der Waals surface area contributed by atoms with E-state index in [4.69, 9.17) is 14.2 Å². The van der Waals surface area contributed by atoms with Crippen LogP contribution < -0.4 is 14.8 Å². The Bertz CT molecular complexity index is 432. The summed E-state index contributed by atoms with van der Waals surface area (Å²) in [5, 5.41) is 3.34. The lowest BCUT2D eigenvalue weighted by Gasteiger charge is -2.25. The van der Waals surface area contributed by atoms with Crippen LogP contribution in [0.25, 0.3) is 0 Å². The number of ether oxygens (including phenoxy) is 3. The molecule has 5 heteroatoms. The van der Waals surface area contributed by atoms with Gasteiger partial charge >= 0.3 is 0 Å². The Kier molecular flexibility index (Phi) is 3.72. The van der Waals surface area contributed by atoms with Crippen LogP contribution in [-0.4, -0.2) is 32.9 Å². The van der Waals surface area contributed by atoms with Gasteiger partial charge in [0.15, 0.2) is 11.5 Å². The fraction of sp³-hybridized carbons (Fsp3) is 0.538. The van der Waals surface area contributed by atoms with E-state index in [0.717, 1.165) is 47.7 Å². The minimum atomic E-state index is 0.0743. The van der Waals surface area contributed by atoms with Gasteiger partial charge in [-0.25, -0.2) is 0 Å². The third-order valence-electron chi connectivity index (χ3n) is 3.14. The smallest absolute Gasteiger partial charge is 0.162 e. The quantitative estimate of drug-likeness (QED) is 0.863. The van der Waals surface area contributed by atoms with E-state index >= 15 is 0 Å². The zero-order valence-electron chi connectivity index (χ0n) is 10.1. The van der Waals surface area contributed by atoms with Gasteiger partial charge in [0.1, 0.15) is 0 Å². The van der Waals surface area contributed by atoms with Gasteiger partial charge in [0.2, 0.25) is 0 Å². The number of fused-ring (bicyclic) bond motifs is 1. The van der Waals surface area contributed by atoms with Gasteiger partial charge in [-0.3, -0.25) is 0 Å². The van der Waals surface area contributed by atoms with Crippen molar-refractivity contribution in [2.75, 3.05) is 32.9 Å². The molecule has 0 spiro atoms. The highest BCUT2D eigenvalue weighted by atomic mass is 79.9. The summed E-state index contributed by atoms with van der Waals surface area (Å²) in [6, 6.07) is 4.01. The first-order chi connectivity index (χ1) is 8.84. The third-order valence-corrected chi connectivity index (χ3v) is 3.83. The summed E-state index contributed by atoms with van der Waals surface area (Å²) >= 11 is 3.59. The second-order valence-corrected chi connectivity index (χ2v) is 5.29. The highest BCUT2D eigenvalue weighted by Crippen LogP contribution is 2.38. The molecule has 1 fully saturated rings. The first-order valence-corrected chi connectivity index (χ1v) is 7.05. The molecular weight excluding hydrogens is 298 g/mol. The molecule has 0 amide bonds. The van der Waals surface area contributed by atoms with E-state index in [1.807, 2.05) is 12.1 Å². The summed E-state index contributed by atoms with van der Waals surface area (Å²) < 4.78 is 18.2. The number of hydrogen-bond donors (Lipinski definition) is 1. The standard InChI is InChI=1S/C13H16BrNO3/c14-10-7-12-11(16-3-1-4-17-12)6-9(10)13-8-15-2-5-18-13/h6-7,13,15H,1-5,8H2. The molecular formula is C13H16BrNO3. The number of nitrogens with one attached hydrogen (secondary N) is 1. The second-order valence-electron chi connectivity index (χ2n) is 4.43. The maximum Gasteiger partial charge on any atom is 0.162 e. The number of rotatable bonds is 1. The Morgan fingerprint density at radius 2 is 1.89 bits per heavy atom. The van der Waals surface area contributed by atoms with E-state index in [1.54, 1.807) is 0 Å². The van der Waals surface area contributed by atoms with Crippen molar-refractivity contribution in [2.24, 2.45) is 0 Å². The number of hydrogen-bond acceptors (Lipinski definition) is 4. The van der Waals surface area contributed by atoms with Crippen LogP contribution in [0.2, 0.25) is 0 Å². The Morgan fingerprint density at radius 3 is 2.61 bits per heavy atom. The van der Waals surface area contributed by atoms with Crippen molar-refractivity contribution in [3.63, 3.8) is 0 Å². The van der Waals surface area contributed by atoms with Crippen molar-refractivity contribution in [3.05, 3.63) is 22.2 Å². The SMILES string of the molecule is Brc1cc2c(cc1C1CNCCO1)OCCCO2. The lowest BCUT2D eigenvalue weighted by Crippen LogP contribution is -2.33. The van der Waals surface area contributed by atoms with Gasteiger partial charge in [-0.1, -0.05) is 15.9 Å². The molecule has 98 valence electrons. The molecule has 1 N–H and O–H groups in total. The van der Waals surface area contributed by atoms with E-state index in [9.17, 15) is 0 Å². The summed E-state index contributed by atoms with van der Waals surface area (Å²) in [6.45, 7) is 3.90. The van der Waals surface area contributed by atoms with E-state index < -0.39 is 0 Å². The van der Waals surface area contributed by atoms with Crippen molar-refractivity contribution in [1.82, 2.24) is 5.32 Å². The first-order valence-electron chi connectivity index (χ1n) is 6.26. The molecule has 0 saturated carbocycles. The topological polar surface area (TPSA) is 39.7 Å². The third kappa shape index (κ3) is 2.48. The molecule has 0 aromatic heterocycles. The first kappa shape index (κ1) is 12.3. The summed E-state index contributed by atoms with van der Waals surface area (Å²) in [7, 11) is 0. The molecule has 0 aliphatic carbocycles. The summed E-state index contributed by atoms with van der Waals surface area (Å²) in [4.78, 5) is 0. The molecule has 1 atom stereocenters. The van der Waals surface area contributed by atoms with Crippen molar-refractivity contribution >= 4 is 15.9 Å². The van der Waals surface area contributed by atoms with Gasteiger partial charge < -0.3 is 19.5 Å². The largest absolute Gasteiger partial charge is 0.490 e. The van der Waals surface area contributed by atoms with Crippen LogP contribution >= 0.6 is 15.9 Å². The Hall–Kier alpha value is -0.780. The van der Waals surface area contributed by atoms with Crippen LogP contribution in [0.4, 0.5) is 0 Å². The van der Waals surface area contributed by atoms with Crippen LogP contribution in [0, 0.1) is 0 Å². The molecule has 1 saturated heterocycles. The number of morpholine rings is 1. The molecule has 2 heterocycles. The summed E-state index contributed by atoms with van der Waals surface area (Å²) in [6.07, 6.45) is 0.994. The monoisotopic (exact) mass is 313 g/mol. The molecule has 0 bridgehead atoms. The van der Waals surface area contributed by atoms with Crippen LogP contribution in [-0.2, 0) is 4.74 Å². The average molecular weight is 314 g/mol. The van der Waals surface area contributed by atoms with Crippen LogP contribution in [0.1, 0.15) is 18.1 Å². The Labute approximate surface area is 115 Å². The zero-order valence-corrected chi connectivity index (χ0v) is 11.7. The van der Waals surface area contributed by atoms with Gasteiger partial charge in [0, 0.05) is 29.5 Å². The highest BCUT2D eigenvalue weighted by Gasteiger charge is 2.22. The predicted octanol–water partition coefficient (Wildman–Crippen LogP) is 2.27. The zero-order chi connectivity index (χ0) is 12.4. The maximum absolute atomic E-state index is 5.78. The van der Waals surface area contributed by atoms with E-state index in [0.29, 0.717) is 13.2 Å². The molecule has 2 aliphatic heterocycles. The van der Waals surface area contributed by atoms with Gasteiger partial charge in [-0.15, -0.1) is 0 Å². The van der Waals surface area contributed by atoms with Crippen LogP contribution in [0.3, 0.4) is 0 Å². The van der Waals surface area contributed by atoms with Crippen molar-refractivity contribution in [1.29, 1.82) is 0 Å². The highest BCUT2D eigenvalue weighted by molar-refractivity contribution is 9.10. The molecule has 1 aromatic carbocycles. The number of halogens is 1. The minimum absolute atomic E-state index is 0.0743. The molecule has 1 unspecified atom stereocenters. The normalized spacial score (nSPS) is 23.5. The molecule has 3 rings (SSSR count). The molecule has 4 nitrogen and oxygen atoms in total. The van der Waals surface area contributed by atoms with Crippen molar-refractivity contribution < 1.29 is 14.2 Å².